The first-order valence-electron chi connectivity index (χ1n) is 3.86. The fourth-order valence-electron chi connectivity index (χ4n) is 0.933. The van der Waals surface area contributed by atoms with Gasteiger partial charge < -0.3 is 9.90 Å². The molecule has 0 aliphatic rings. The molecule has 0 radical (unpaired) electrons. The molecule has 4 nitrogen and oxygen atoms in total. The first-order valence-corrected chi connectivity index (χ1v) is 3.86. The third-order valence-corrected chi connectivity index (χ3v) is 1.76. The molecule has 0 bridgehead atoms. The van der Waals surface area contributed by atoms with E-state index < -0.39 is 28.1 Å². The van der Waals surface area contributed by atoms with Gasteiger partial charge in [0.05, 0.1) is 0 Å². The largest absolute Gasteiger partial charge is 1.00 e. The molecule has 1 rings (SSSR count). The monoisotopic (exact) mass is 371 g/mol. The summed E-state index contributed by atoms with van der Waals surface area (Å²) >= 11 is 0. The molecule has 0 aliphatic heterocycles. The minimum atomic E-state index is -5.47. The van der Waals surface area contributed by atoms with Gasteiger partial charge in [0, 0.05) is 12.3 Å². The number of hydrogen-bond acceptors (Lipinski definition) is 3. The van der Waals surface area contributed by atoms with Gasteiger partial charge in [-0.25, -0.2) is 4.57 Å². The van der Waals surface area contributed by atoms with E-state index in [9.17, 15) is 32.3 Å². The van der Waals surface area contributed by atoms with Gasteiger partial charge in [-0.05, 0) is 6.07 Å². The molecule has 0 spiro atoms. The van der Waals surface area contributed by atoms with Crippen molar-refractivity contribution in [3.8, 4) is 0 Å². The van der Waals surface area contributed by atoms with E-state index in [0.717, 1.165) is 12.1 Å². The van der Waals surface area contributed by atoms with E-state index in [4.69, 9.17) is 0 Å². The van der Waals surface area contributed by atoms with Crippen molar-refractivity contribution in [3.63, 3.8) is 0 Å². The van der Waals surface area contributed by atoms with Crippen LogP contribution in [0, 0.1) is 0 Å². The molecule has 17 heavy (non-hydrogen) atoms. The molecule has 88 valence electrons. The van der Waals surface area contributed by atoms with Crippen LogP contribution in [0.3, 0.4) is 0 Å². The summed E-state index contributed by atoms with van der Waals surface area (Å²) in [4.78, 5) is 20.8. The van der Waals surface area contributed by atoms with E-state index in [0.29, 0.717) is 12.3 Å². The average Bonchev–Trinajstić information content (AvgIpc) is 2.17. The van der Waals surface area contributed by atoms with E-state index in [2.05, 4.69) is 0 Å². The Morgan fingerprint density at radius 1 is 1.24 bits per heavy atom. The summed E-state index contributed by atoms with van der Waals surface area (Å²) in [7, 11) is 0. The third-order valence-electron chi connectivity index (χ3n) is 1.76. The molecule has 0 atom stereocenters. The summed E-state index contributed by atoms with van der Waals surface area (Å²) < 4.78 is 50.6. The van der Waals surface area contributed by atoms with Gasteiger partial charge in [-0.2, -0.15) is 17.6 Å². The van der Waals surface area contributed by atoms with Crippen molar-refractivity contribution in [2.45, 2.75) is 12.0 Å². The van der Waals surface area contributed by atoms with Gasteiger partial charge >= 0.3 is 80.9 Å². The topological polar surface area (TPSA) is 62.1 Å². The van der Waals surface area contributed by atoms with Crippen molar-refractivity contribution in [2.75, 3.05) is 0 Å². The van der Waals surface area contributed by atoms with Gasteiger partial charge in [-0.15, -0.1) is 0 Å². The van der Waals surface area contributed by atoms with Crippen LogP contribution in [0.4, 0.5) is 17.6 Å². The zero-order valence-corrected chi connectivity index (χ0v) is 14.8. The Labute approximate surface area is 151 Å². The van der Waals surface area contributed by atoms with Gasteiger partial charge in [0.25, 0.3) is 5.56 Å². The molecular weight excluding hydrogens is 367 g/mol. The van der Waals surface area contributed by atoms with Gasteiger partial charge in [0.15, 0.2) is 0 Å². The van der Waals surface area contributed by atoms with Crippen molar-refractivity contribution in [1.29, 1.82) is 0 Å². The predicted molar refractivity (Wildman–Crippen MR) is 40.8 cm³/mol. The standard InChI is InChI=1S/C8H5F4NO3.Cs/c9-7(10,6(15)16)8(11,12)13-4-2-1-3-5(13)14;/h1-4H,(H,15,16);/q;+1/p-1. The second-order valence-electron chi connectivity index (χ2n) is 2.81. The summed E-state index contributed by atoms with van der Waals surface area (Å²) in [6, 6.07) is -2.66. The number of aliphatic carboxylic acids is 1. The van der Waals surface area contributed by atoms with Gasteiger partial charge in [-0.1, -0.05) is 6.07 Å². The van der Waals surface area contributed by atoms with Crippen molar-refractivity contribution in [3.05, 3.63) is 34.7 Å². The molecule has 0 aliphatic carbocycles. The molecule has 0 saturated heterocycles. The van der Waals surface area contributed by atoms with Crippen molar-refractivity contribution >= 4 is 5.97 Å². The zero-order valence-electron chi connectivity index (χ0n) is 8.49. The number of rotatable bonds is 3. The first kappa shape index (κ1) is 17.2. The summed E-state index contributed by atoms with van der Waals surface area (Å²) in [5.74, 6) is -8.73. The molecule has 0 fully saturated rings. The van der Waals surface area contributed by atoms with E-state index >= 15 is 0 Å². The molecule has 1 aromatic heterocycles. The Balaban J connectivity index is 0.00000256. The Bertz CT molecular complexity index is 474. The van der Waals surface area contributed by atoms with E-state index in [1.54, 1.807) is 0 Å². The van der Waals surface area contributed by atoms with Gasteiger partial charge in [0.1, 0.15) is 5.97 Å². The molecule has 0 N–H and O–H groups in total. The van der Waals surface area contributed by atoms with Gasteiger partial charge in [-0.3, -0.25) is 4.79 Å². The number of carbonyl (C=O) groups excluding carboxylic acids is 1. The number of carbonyl (C=O) groups is 1. The molecule has 0 aromatic carbocycles. The number of aromatic nitrogens is 1. The van der Waals surface area contributed by atoms with E-state index in [1.807, 2.05) is 0 Å². The number of pyridine rings is 1. The summed E-state index contributed by atoms with van der Waals surface area (Å²) in [6.07, 6.45) is 0.360. The number of alkyl halides is 4. The molecular formula is C8H4CsF4NO3. The summed E-state index contributed by atoms with van der Waals surface area (Å²) in [5.41, 5.74) is -1.45. The quantitative estimate of drug-likeness (QED) is 0.526. The predicted octanol–water partition coefficient (Wildman–Crippen LogP) is -3.21. The van der Waals surface area contributed by atoms with Crippen LogP contribution in [0.1, 0.15) is 0 Å². The SMILES string of the molecule is O=C([O-])C(F)(F)C(F)(F)n1ccccc1=O.[Cs+]. The second-order valence-corrected chi connectivity index (χ2v) is 2.81. The zero-order chi connectivity index (χ0) is 12.6. The minimum absolute atomic E-state index is 0. The third kappa shape index (κ3) is 3.15. The summed E-state index contributed by atoms with van der Waals surface area (Å²) in [5, 5.41) is 9.90. The van der Waals surface area contributed by atoms with Crippen LogP contribution in [-0.4, -0.2) is 16.5 Å². The Morgan fingerprint density at radius 2 is 1.76 bits per heavy atom. The molecule has 9 heteroatoms. The Morgan fingerprint density at radius 3 is 2.18 bits per heavy atom. The Kier molecular flexibility index (Phi) is 5.95. The number of carboxylic acids is 1. The molecule has 1 heterocycles. The molecule has 1 aromatic rings. The first-order chi connectivity index (χ1) is 7.21. The van der Waals surface area contributed by atoms with Crippen LogP contribution < -0.4 is 79.6 Å². The van der Waals surface area contributed by atoms with Crippen LogP contribution in [0.15, 0.2) is 29.2 Å². The van der Waals surface area contributed by atoms with E-state index in [-0.39, 0.29) is 68.9 Å². The van der Waals surface area contributed by atoms with Crippen LogP contribution >= 0.6 is 0 Å². The fraction of sp³-hybridized carbons (Fsp3) is 0.250. The normalized spacial score (nSPS) is 11.8. The van der Waals surface area contributed by atoms with Crippen molar-refractivity contribution in [1.82, 2.24) is 4.57 Å². The number of carboxylic acid groups (broad SMARTS) is 1. The average molecular weight is 371 g/mol. The van der Waals surface area contributed by atoms with Crippen LogP contribution in [0.25, 0.3) is 0 Å². The molecule has 0 amide bonds. The van der Waals surface area contributed by atoms with Crippen molar-refractivity contribution in [2.24, 2.45) is 0 Å². The van der Waals surface area contributed by atoms with Crippen LogP contribution in [-0.2, 0) is 10.8 Å². The Hall–Kier alpha value is 0.192. The fourth-order valence-corrected chi connectivity index (χ4v) is 0.933. The van der Waals surface area contributed by atoms with E-state index in [1.165, 1.54) is 0 Å². The molecule has 0 unspecified atom stereocenters. The summed E-state index contributed by atoms with van der Waals surface area (Å²) in [6.45, 7) is 0. The maximum absolute atomic E-state index is 13.0. The minimum Gasteiger partial charge on any atom is -0.544 e. The second kappa shape index (κ2) is 5.89. The molecule has 0 saturated carbocycles. The number of halogens is 4. The maximum atomic E-state index is 13.0. The maximum Gasteiger partial charge on any atom is 1.00 e. The number of hydrogen-bond donors (Lipinski definition) is 0. The van der Waals surface area contributed by atoms with Crippen LogP contribution in [0.5, 0.6) is 0 Å². The van der Waals surface area contributed by atoms with Crippen molar-refractivity contribution < 1.29 is 96.4 Å². The van der Waals surface area contributed by atoms with Crippen LogP contribution in [0.2, 0.25) is 0 Å². The van der Waals surface area contributed by atoms with Gasteiger partial charge in [0.2, 0.25) is 0 Å². The number of nitrogens with zero attached hydrogens (tertiary/aromatic N) is 1. The smallest absolute Gasteiger partial charge is 0.544 e.